The van der Waals surface area contributed by atoms with Crippen molar-refractivity contribution in [2.45, 2.75) is 11.8 Å². The molecule has 2 aromatic carbocycles. The number of ether oxygens (including phenoxy) is 2. The second kappa shape index (κ2) is 7.33. The second-order valence-corrected chi connectivity index (χ2v) is 7.59. The van der Waals surface area contributed by atoms with E-state index in [9.17, 15) is 8.42 Å². The highest BCUT2D eigenvalue weighted by molar-refractivity contribution is 7.92. The van der Waals surface area contributed by atoms with Gasteiger partial charge in [0.1, 0.15) is 5.75 Å². The summed E-state index contributed by atoms with van der Waals surface area (Å²) in [5.74, 6) is 0.631. The molecule has 1 saturated heterocycles. The molecule has 0 aliphatic carbocycles. The van der Waals surface area contributed by atoms with Crippen LogP contribution in [0.4, 0.5) is 11.4 Å². The zero-order chi connectivity index (χ0) is 17.9. The van der Waals surface area contributed by atoms with Crippen LogP contribution in [0, 0.1) is 6.92 Å². The van der Waals surface area contributed by atoms with Crippen LogP contribution in [0.5, 0.6) is 5.75 Å². The van der Waals surface area contributed by atoms with Gasteiger partial charge in [0.15, 0.2) is 0 Å². The van der Waals surface area contributed by atoms with Crippen molar-refractivity contribution in [1.29, 1.82) is 0 Å². The molecule has 1 aliphatic rings. The molecule has 0 unspecified atom stereocenters. The van der Waals surface area contributed by atoms with Crippen LogP contribution in [0.2, 0.25) is 0 Å². The van der Waals surface area contributed by atoms with Crippen molar-refractivity contribution >= 4 is 21.4 Å². The van der Waals surface area contributed by atoms with Gasteiger partial charge in [0, 0.05) is 19.2 Å². The average Bonchev–Trinajstić information content (AvgIpc) is 2.62. The van der Waals surface area contributed by atoms with Gasteiger partial charge >= 0.3 is 0 Å². The van der Waals surface area contributed by atoms with Crippen LogP contribution in [0.25, 0.3) is 0 Å². The van der Waals surface area contributed by atoms with Crippen LogP contribution in [-0.2, 0) is 14.8 Å². The molecule has 0 atom stereocenters. The van der Waals surface area contributed by atoms with Gasteiger partial charge in [-0.3, -0.25) is 4.72 Å². The highest BCUT2D eigenvalue weighted by Gasteiger charge is 2.18. The predicted molar refractivity (Wildman–Crippen MR) is 98.0 cm³/mol. The molecule has 0 saturated carbocycles. The van der Waals surface area contributed by atoms with Crippen LogP contribution in [0.3, 0.4) is 0 Å². The number of sulfonamides is 1. The summed E-state index contributed by atoms with van der Waals surface area (Å²) in [5.41, 5.74) is 2.41. The minimum atomic E-state index is -3.63. The molecule has 0 radical (unpaired) electrons. The van der Waals surface area contributed by atoms with E-state index >= 15 is 0 Å². The first-order valence-electron chi connectivity index (χ1n) is 8.10. The van der Waals surface area contributed by atoms with Crippen LogP contribution < -0.4 is 14.4 Å². The molecule has 0 aromatic heterocycles. The fourth-order valence-electron chi connectivity index (χ4n) is 2.74. The minimum Gasteiger partial charge on any atom is -0.495 e. The minimum absolute atomic E-state index is 0.231. The Kier molecular flexibility index (Phi) is 5.15. The van der Waals surface area contributed by atoms with Gasteiger partial charge in [-0.2, -0.15) is 0 Å². The number of nitrogens with one attached hydrogen (secondary N) is 1. The van der Waals surface area contributed by atoms with Gasteiger partial charge in [-0.1, -0.05) is 17.7 Å². The Bertz CT molecular complexity index is 829. The molecule has 1 N–H and O–H groups in total. The normalized spacial score (nSPS) is 15.0. The maximum atomic E-state index is 12.5. The van der Waals surface area contributed by atoms with Gasteiger partial charge in [0.2, 0.25) is 0 Å². The van der Waals surface area contributed by atoms with E-state index < -0.39 is 10.0 Å². The third-order valence-corrected chi connectivity index (χ3v) is 5.51. The maximum absolute atomic E-state index is 12.5. The first kappa shape index (κ1) is 17.6. The second-order valence-electron chi connectivity index (χ2n) is 5.90. The van der Waals surface area contributed by atoms with E-state index in [-0.39, 0.29) is 4.90 Å². The summed E-state index contributed by atoms with van der Waals surface area (Å²) in [5, 5.41) is 0. The number of benzene rings is 2. The predicted octanol–water partition coefficient (Wildman–Crippen LogP) is 2.64. The summed E-state index contributed by atoms with van der Waals surface area (Å²) in [6.07, 6.45) is 0. The fourth-order valence-corrected chi connectivity index (χ4v) is 3.79. The van der Waals surface area contributed by atoms with E-state index in [1.807, 2.05) is 13.0 Å². The van der Waals surface area contributed by atoms with E-state index in [0.29, 0.717) is 24.7 Å². The van der Waals surface area contributed by atoms with E-state index in [1.54, 1.807) is 43.5 Å². The number of aryl methyl sites for hydroxylation is 1. The molecule has 2 aromatic rings. The molecule has 1 heterocycles. The standard InChI is InChI=1S/C18H22N2O4S/c1-14-3-6-16(7-4-14)25(21,22)19-15-5-8-17(18(13-15)23-2)20-9-11-24-12-10-20/h3-8,13,19H,9-12H2,1-2H3. The largest absolute Gasteiger partial charge is 0.495 e. The van der Waals surface area contributed by atoms with Gasteiger partial charge in [0.25, 0.3) is 10.0 Å². The quantitative estimate of drug-likeness (QED) is 0.886. The highest BCUT2D eigenvalue weighted by Crippen LogP contribution is 2.32. The van der Waals surface area contributed by atoms with Crippen molar-refractivity contribution < 1.29 is 17.9 Å². The van der Waals surface area contributed by atoms with Gasteiger partial charge in [-0.15, -0.1) is 0 Å². The van der Waals surface area contributed by atoms with E-state index in [4.69, 9.17) is 9.47 Å². The summed E-state index contributed by atoms with van der Waals surface area (Å²) in [7, 11) is -2.05. The lowest BCUT2D eigenvalue weighted by atomic mass is 10.2. The van der Waals surface area contributed by atoms with Crippen molar-refractivity contribution in [2.24, 2.45) is 0 Å². The fraction of sp³-hybridized carbons (Fsp3) is 0.333. The number of anilines is 2. The molecule has 1 aliphatic heterocycles. The molecule has 1 fully saturated rings. The lowest BCUT2D eigenvalue weighted by Gasteiger charge is -2.30. The molecule has 0 bridgehead atoms. The van der Waals surface area contributed by atoms with Gasteiger partial charge in [-0.25, -0.2) is 8.42 Å². The monoisotopic (exact) mass is 362 g/mol. The Hall–Kier alpha value is -2.25. The lowest BCUT2D eigenvalue weighted by molar-refractivity contribution is 0.122. The van der Waals surface area contributed by atoms with Crippen molar-refractivity contribution in [3.8, 4) is 5.75 Å². The van der Waals surface area contributed by atoms with E-state index in [2.05, 4.69) is 9.62 Å². The van der Waals surface area contributed by atoms with Crippen LogP contribution in [0.1, 0.15) is 5.56 Å². The molecule has 7 heteroatoms. The number of rotatable bonds is 5. The zero-order valence-electron chi connectivity index (χ0n) is 14.4. The smallest absolute Gasteiger partial charge is 0.261 e. The number of hydrogen-bond donors (Lipinski definition) is 1. The van der Waals surface area contributed by atoms with E-state index in [1.165, 1.54) is 0 Å². The molecular formula is C18H22N2O4S. The highest BCUT2D eigenvalue weighted by atomic mass is 32.2. The molecular weight excluding hydrogens is 340 g/mol. The summed E-state index contributed by atoms with van der Waals surface area (Å²) in [6.45, 7) is 4.82. The molecule has 3 rings (SSSR count). The van der Waals surface area contributed by atoms with Gasteiger partial charge < -0.3 is 14.4 Å². The number of morpholine rings is 1. The first-order valence-corrected chi connectivity index (χ1v) is 9.58. The third-order valence-electron chi connectivity index (χ3n) is 4.11. The third kappa shape index (κ3) is 4.05. The van der Waals surface area contributed by atoms with Crippen LogP contribution in [-0.4, -0.2) is 41.8 Å². The average molecular weight is 362 g/mol. The zero-order valence-corrected chi connectivity index (χ0v) is 15.2. The molecule has 0 amide bonds. The summed E-state index contributed by atoms with van der Waals surface area (Å²) < 4.78 is 38.5. The summed E-state index contributed by atoms with van der Waals surface area (Å²) in [4.78, 5) is 2.40. The molecule has 25 heavy (non-hydrogen) atoms. The Balaban J connectivity index is 1.84. The van der Waals surface area contributed by atoms with Crippen LogP contribution in [0.15, 0.2) is 47.4 Å². The van der Waals surface area contributed by atoms with Crippen molar-refractivity contribution in [1.82, 2.24) is 0 Å². The van der Waals surface area contributed by atoms with Crippen LogP contribution >= 0.6 is 0 Å². The van der Waals surface area contributed by atoms with Gasteiger partial charge in [0.05, 0.1) is 36.6 Å². The molecule has 6 nitrogen and oxygen atoms in total. The number of methoxy groups -OCH3 is 1. The van der Waals surface area contributed by atoms with Crippen molar-refractivity contribution in [2.75, 3.05) is 43.0 Å². The Labute approximate surface area is 148 Å². The van der Waals surface area contributed by atoms with Crippen molar-refractivity contribution in [3.05, 3.63) is 48.0 Å². The lowest BCUT2D eigenvalue weighted by Crippen LogP contribution is -2.36. The molecule has 134 valence electrons. The van der Waals surface area contributed by atoms with E-state index in [0.717, 1.165) is 24.3 Å². The summed E-state index contributed by atoms with van der Waals surface area (Å²) >= 11 is 0. The Morgan fingerprint density at radius 2 is 1.76 bits per heavy atom. The van der Waals surface area contributed by atoms with Crippen molar-refractivity contribution in [3.63, 3.8) is 0 Å². The maximum Gasteiger partial charge on any atom is 0.261 e. The molecule has 0 spiro atoms. The van der Waals surface area contributed by atoms with Gasteiger partial charge in [-0.05, 0) is 31.2 Å². The Morgan fingerprint density at radius 1 is 1.08 bits per heavy atom. The Morgan fingerprint density at radius 3 is 2.40 bits per heavy atom. The first-order chi connectivity index (χ1) is 12.0. The SMILES string of the molecule is COc1cc(NS(=O)(=O)c2ccc(C)cc2)ccc1N1CCOCC1. The number of hydrogen-bond acceptors (Lipinski definition) is 5. The summed E-state index contributed by atoms with van der Waals surface area (Å²) in [6, 6.07) is 12.1. The number of nitrogens with zero attached hydrogens (tertiary/aromatic N) is 1. The topological polar surface area (TPSA) is 67.9 Å².